The lowest BCUT2D eigenvalue weighted by molar-refractivity contribution is 0.550. The number of amidine groups is 1. The Morgan fingerprint density at radius 2 is 2.11 bits per heavy atom. The predicted octanol–water partition coefficient (Wildman–Crippen LogP) is 0.853. The van der Waals surface area contributed by atoms with Gasteiger partial charge in [-0.1, -0.05) is 12.1 Å². The number of fused-ring (bicyclic) bond motifs is 1. The average Bonchev–Trinajstić information content (AvgIpc) is 2.90. The quantitative estimate of drug-likeness (QED) is 0.841. The summed E-state index contributed by atoms with van der Waals surface area (Å²) in [4.78, 5) is 4.76. The van der Waals surface area contributed by atoms with Gasteiger partial charge in [-0.3, -0.25) is 9.71 Å². The topological polar surface area (TPSA) is 84.5 Å². The molecule has 0 spiro atoms. The number of nitrogens with two attached hydrogens (primary N) is 1. The first kappa shape index (κ1) is 12.6. The molecule has 1 saturated carbocycles. The number of sulfonamides is 1. The molecule has 3 N–H and O–H groups in total. The Bertz CT molecular complexity index is 625. The van der Waals surface area contributed by atoms with E-state index in [0.717, 1.165) is 19.3 Å². The van der Waals surface area contributed by atoms with Crippen LogP contribution >= 0.6 is 0 Å². The van der Waals surface area contributed by atoms with Crippen molar-refractivity contribution >= 4 is 15.9 Å². The van der Waals surface area contributed by atoms with Crippen molar-refractivity contribution in [2.75, 3.05) is 6.54 Å². The molecule has 19 heavy (non-hydrogen) atoms. The van der Waals surface area contributed by atoms with Crippen molar-refractivity contribution in [3.8, 4) is 0 Å². The lowest BCUT2D eigenvalue weighted by Crippen LogP contribution is -2.23. The molecule has 1 heterocycles. The van der Waals surface area contributed by atoms with Gasteiger partial charge in [0.1, 0.15) is 5.84 Å². The zero-order valence-electron chi connectivity index (χ0n) is 10.5. The molecule has 1 aromatic carbocycles. The second kappa shape index (κ2) is 4.61. The van der Waals surface area contributed by atoms with E-state index in [-0.39, 0.29) is 6.04 Å². The van der Waals surface area contributed by atoms with Gasteiger partial charge in [0.15, 0.2) is 0 Å². The molecule has 2 unspecified atom stereocenters. The summed E-state index contributed by atoms with van der Waals surface area (Å²) in [5, 5.41) is 0. The predicted molar refractivity (Wildman–Crippen MR) is 73.5 cm³/mol. The van der Waals surface area contributed by atoms with E-state index in [1.807, 2.05) is 6.07 Å². The van der Waals surface area contributed by atoms with Gasteiger partial charge in [-0.25, -0.2) is 8.42 Å². The number of benzene rings is 1. The molecule has 2 aliphatic rings. The highest BCUT2D eigenvalue weighted by Crippen LogP contribution is 2.26. The van der Waals surface area contributed by atoms with Gasteiger partial charge >= 0.3 is 0 Å². The highest BCUT2D eigenvalue weighted by molar-refractivity contribution is 7.90. The molecule has 0 radical (unpaired) electrons. The summed E-state index contributed by atoms with van der Waals surface area (Å²) in [6, 6.07) is 7.20. The monoisotopic (exact) mass is 279 g/mol. The van der Waals surface area contributed by atoms with E-state index in [1.54, 1.807) is 18.2 Å². The Labute approximate surface area is 113 Å². The van der Waals surface area contributed by atoms with Crippen LogP contribution < -0.4 is 10.5 Å². The summed E-state index contributed by atoms with van der Waals surface area (Å²) < 4.78 is 26.3. The molecular formula is C13H17N3O2S. The molecule has 0 amide bonds. The van der Waals surface area contributed by atoms with E-state index in [1.165, 1.54) is 0 Å². The minimum Gasteiger partial charge on any atom is -0.328 e. The Balaban J connectivity index is 1.83. The first-order valence-corrected chi connectivity index (χ1v) is 7.97. The van der Waals surface area contributed by atoms with E-state index in [9.17, 15) is 8.42 Å². The molecule has 102 valence electrons. The number of nitrogens with one attached hydrogen (secondary N) is 1. The van der Waals surface area contributed by atoms with Crippen LogP contribution in [0.25, 0.3) is 0 Å². The molecule has 1 aliphatic heterocycles. The molecule has 1 aromatic rings. The first-order valence-electron chi connectivity index (χ1n) is 6.48. The number of hydrogen-bond donors (Lipinski definition) is 2. The van der Waals surface area contributed by atoms with Gasteiger partial charge in [0.25, 0.3) is 10.0 Å². The van der Waals surface area contributed by atoms with Crippen LogP contribution in [0.3, 0.4) is 0 Å². The molecule has 6 heteroatoms. The lowest BCUT2D eigenvalue weighted by Gasteiger charge is -2.06. The van der Waals surface area contributed by atoms with E-state index in [0.29, 0.717) is 28.8 Å². The van der Waals surface area contributed by atoms with Crippen LogP contribution in [0.5, 0.6) is 0 Å². The van der Waals surface area contributed by atoms with Crippen LogP contribution in [-0.2, 0) is 10.0 Å². The van der Waals surface area contributed by atoms with Gasteiger partial charge in [0.05, 0.1) is 4.90 Å². The second-order valence-corrected chi connectivity index (χ2v) is 6.88. The maximum atomic E-state index is 11.9. The fraction of sp³-hybridized carbons (Fsp3) is 0.462. The zero-order chi connectivity index (χ0) is 13.5. The Hall–Kier alpha value is -1.40. The molecule has 3 rings (SSSR count). The Morgan fingerprint density at radius 1 is 1.32 bits per heavy atom. The van der Waals surface area contributed by atoms with Crippen molar-refractivity contribution in [2.45, 2.75) is 30.2 Å². The molecular weight excluding hydrogens is 262 g/mol. The van der Waals surface area contributed by atoms with Crippen molar-refractivity contribution in [3.05, 3.63) is 29.8 Å². The SMILES string of the molecule is NC1CCC(CN=C2NS(=O)(=O)c3ccccc32)C1. The Kier molecular flexibility index (Phi) is 3.06. The lowest BCUT2D eigenvalue weighted by atomic mass is 10.1. The van der Waals surface area contributed by atoms with Crippen LogP contribution in [-0.4, -0.2) is 26.8 Å². The molecule has 0 bridgehead atoms. The molecule has 1 fully saturated rings. The number of aliphatic imine (C=N–C) groups is 1. The van der Waals surface area contributed by atoms with Crippen LogP contribution in [0.15, 0.2) is 34.2 Å². The van der Waals surface area contributed by atoms with E-state index < -0.39 is 10.0 Å². The molecule has 0 saturated heterocycles. The van der Waals surface area contributed by atoms with Crippen LogP contribution in [0.1, 0.15) is 24.8 Å². The maximum absolute atomic E-state index is 11.9. The van der Waals surface area contributed by atoms with Crippen LogP contribution in [0.4, 0.5) is 0 Å². The third kappa shape index (κ3) is 2.37. The third-order valence-corrected chi connectivity index (χ3v) is 5.15. The van der Waals surface area contributed by atoms with Gasteiger partial charge in [-0.2, -0.15) is 0 Å². The van der Waals surface area contributed by atoms with E-state index in [2.05, 4.69) is 9.71 Å². The molecule has 0 aromatic heterocycles. The van der Waals surface area contributed by atoms with Gasteiger partial charge < -0.3 is 5.73 Å². The van der Waals surface area contributed by atoms with Crippen molar-refractivity contribution < 1.29 is 8.42 Å². The van der Waals surface area contributed by atoms with Gasteiger partial charge in [0, 0.05) is 18.2 Å². The zero-order valence-corrected chi connectivity index (χ0v) is 11.4. The van der Waals surface area contributed by atoms with Crippen molar-refractivity contribution in [1.82, 2.24) is 4.72 Å². The maximum Gasteiger partial charge on any atom is 0.263 e. The van der Waals surface area contributed by atoms with E-state index in [4.69, 9.17) is 5.73 Å². The summed E-state index contributed by atoms with van der Waals surface area (Å²) in [6.45, 7) is 0.639. The summed E-state index contributed by atoms with van der Waals surface area (Å²) in [6.07, 6.45) is 3.09. The molecule has 1 aliphatic carbocycles. The highest BCUT2D eigenvalue weighted by Gasteiger charge is 2.30. The van der Waals surface area contributed by atoms with Gasteiger partial charge in [-0.05, 0) is 37.3 Å². The number of rotatable bonds is 2. The largest absolute Gasteiger partial charge is 0.328 e. The van der Waals surface area contributed by atoms with Crippen LogP contribution in [0.2, 0.25) is 0 Å². The third-order valence-electron chi connectivity index (χ3n) is 3.75. The number of nitrogens with zero attached hydrogens (tertiary/aromatic N) is 1. The first-order chi connectivity index (χ1) is 9.06. The fourth-order valence-electron chi connectivity index (χ4n) is 2.75. The Morgan fingerprint density at radius 3 is 2.84 bits per heavy atom. The fourth-order valence-corrected chi connectivity index (χ4v) is 4.00. The summed E-state index contributed by atoms with van der Waals surface area (Å²) in [7, 11) is -3.42. The summed E-state index contributed by atoms with van der Waals surface area (Å²) in [5.41, 5.74) is 6.54. The van der Waals surface area contributed by atoms with E-state index >= 15 is 0 Å². The normalized spacial score (nSPS) is 30.3. The molecule has 2 atom stereocenters. The minimum absolute atomic E-state index is 0.276. The van der Waals surface area contributed by atoms with Crippen LogP contribution in [0, 0.1) is 5.92 Å². The van der Waals surface area contributed by atoms with Crippen molar-refractivity contribution in [1.29, 1.82) is 0 Å². The summed E-state index contributed by atoms with van der Waals surface area (Å²) >= 11 is 0. The average molecular weight is 279 g/mol. The smallest absolute Gasteiger partial charge is 0.263 e. The highest BCUT2D eigenvalue weighted by atomic mass is 32.2. The second-order valence-electron chi connectivity index (χ2n) is 5.23. The summed E-state index contributed by atoms with van der Waals surface area (Å²) in [5.74, 6) is 0.941. The van der Waals surface area contributed by atoms with Crippen molar-refractivity contribution in [2.24, 2.45) is 16.6 Å². The van der Waals surface area contributed by atoms with Gasteiger partial charge in [-0.15, -0.1) is 0 Å². The van der Waals surface area contributed by atoms with Gasteiger partial charge in [0.2, 0.25) is 0 Å². The number of hydrogen-bond acceptors (Lipinski definition) is 4. The standard InChI is InChI=1S/C13H17N3O2S/c14-10-6-5-9(7-10)8-15-13-11-3-1-2-4-12(11)19(17,18)16-13/h1-4,9-10H,5-8,14H2,(H,15,16). The molecule has 5 nitrogen and oxygen atoms in total. The van der Waals surface area contributed by atoms with Crippen molar-refractivity contribution in [3.63, 3.8) is 0 Å². The minimum atomic E-state index is -3.42.